The molecule has 2 fully saturated rings. The molecule has 0 unspecified atom stereocenters. The molecule has 112 valence electrons. The first-order chi connectivity index (χ1) is 9.35. The highest BCUT2D eigenvalue weighted by molar-refractivity contribution is 6.02. The molecule has 2 aliphatic heterocycles. The number of urea groups is 2. The van der Waals surface area contributed by atoms with Crippen molar-refractivity contribution in [1.29, 1.82) is 0 Å². The Morgan fingerprint density at radius 1 is 1.00 bits per heavy atom. The maximum absolute atomic E-state index is 10.8. The van der Waals surface area contributed by atoms with Gasteiger partial charge in [-0.25, -0.2) is 9.59 Å². The number of carbonyl (C=O) groups is 4. The van der Waals surface area contributed by atoms with E-state index in [1.807, 2.05) is 20.8 Å². The molecule has 0 spiro atoms. The number of imide groups is 2. The average Bonchev–Trinajstić information content (AvgIpc) is 2.83. The SMILES string of the molecule is CC(C)N1CC(=O)NC1=O.CCCN1CC(=O)NC1=O. The van der Waals surface area contributed by atoms with E-state index in [0.717, 1.165) is 6.42 Å². The van der Waals surface area contributed by atoms with Gasteiger partial charge in [0.1, 0.15) is 13.1 Å². The van der Waals surface area contributed by atoms with Crippen molar-refractivity contribution in [3.8, 4) is 0 Å². The van der Waals surface area contributed by atoms with E-state index in [0.29, 0.717) is 6.54 Å². The van der Waals surface area contributed by atoms with Crippen molar-refractivity contribution >= 4 is 23.9 Å². The minimum Gasteiger partial charge on any atom is -0.315 e. The molecule has 8 heteroatoms. The zero-order valence-corrected chi connectivity index (χ0v) is 11.9. The predicted octanol–water partition coefficient (Wildman–Crippen LogP) is -0.105. The van der Waals surface area contributed by atoms with E-state index in [9.17, 15) is 19.2 Å². The van der Waals surface area contributed by atoms with E-state index in [4.69, 9.17) is 0 Å². The van der Waals surface area contributed by atoms with Crippen molar-refractivity contribution in [2.45, 2.75) is 33.2 Å². The van der Waals surface area contributed by atoms with Crippen molar-refractivity contribution in [1.82, 2.24) is 20.4 Å². The van der Waals surface area contributed by atoms with Gasteiger partial charge >= 0.3 is 12.1 Å². The van der Waals surface area contributed by atoms with Crippen LogP contribution in [0.4, 0.5) is 9.59 Å². The number of amides is 6. The Morgan fingerprint density at radius 3 is 1.85 bits per heavy atom. The molecule has 0 radical (unpaired) electrons. The molecule has 2 aliphatic rings. The van der Waals surface area contributed by atoms with Crippen molar-refractivity contribution in [2.24, 2.45) is 0 Å². The van der Waals surface area contributed by atoms with Crippen LogP contribution in [0.1, 0.15) is 27.2 Å². The predicted molar refractivity (Wildman–Crippen MR) is 70.8 cm³/mol. The van der Waals surface area contributed by atoms with E-state index in [-0.39, 0.29) is 43.0 Å². The number of nitrogens with zero attached hydrogens (tertiary/aromatic N) is 2. The molecule has 0 bridgehead atoms. The van der Waals surface area contributed by atoms with Gasteiger partial charge in [-0.1, -0.05) is 6.92 Å². The number of carbonyl (C=O) groups excluding carboxylic acids is 4. The van der Waals surface area contributed by atoms with Crippen LogP contribution >= 0.6 is 0 Å². The number of hydrogen-bond acceptors (Lipinski definition) is 4. The zero-order valence-electron chi connectivity index (χ0n) is 11.9. The van der Waals surface area contributed by atoms with Gasteiger partial charge in [0.15, 0.2) is 0 Å². The van der Waals surface area contributed by atoms with E-state index in [2.05, 4.69) is 10.6 Å². The molecule has 6 amide bonds. The second-order valence-electron chi connectivity index (χ2n) is 4.85. The van der Waals surface area contributed by atoms with Crippen LogP contribution in [-0.4, -0.2) is 59.4 Å². The Morgan fingerprint density at radius 2 is 1.55 bits per heavy atom. The summed E-state index contributed by atoms with van der Waals surface area (Å²) in [7, 11) is 0. The lowest BCUT2D eigenvalue weighted by Gasteiger charge is -2.16. The highest BCUT2D eigenvalue weighted by Crippen LogP contribution is 2.02. The molecular formula is C12H20N4O4. The van der Waals surface area contributed by atoms with Crippen molar-refractivity contribution in [3.63, 3.8) is 0 Å². The quantitative estimate of drug-likeness (QED) is 0.707. The summed E-state index contributed by atoms with van der Waals surface area (Å²) in [4.78, 5) is 45.7. The van der Waals surface area contributed by atoms with Crippen LogP contribution in [0, 0.1) is 0 Å². The van der Waals surface area contributed by atoms with Gasteiger partial charge in [-0.05, 0) is 20.3 Å². The third-order valence-electron chi connectivity index (χ3n) is 2.81. The Bertz CT molecular complexity index is 422. The molecule has 0 atom stereocenters. The third kappa shape index (κ3) is 4.22. The maximum Gasteiger partial charge on any atom is 0.324 e. The first kappa shape index (κ1) is 15.9. The van der Waals surface area contributed by atoms with Crippen LogP contribution in [0.5, 0.6) is 0 Å². The fourth-order valence-electron chi connectivity index (χ4n) is 1.81. The molecule has 0 aliphatic carbocycles. The summed E-state index contributed by atoms with van der Waals surface area (Å²) in [6, 6.07) is -0.432. The molecular weight excluding hydrogens is 264 g/mol. The summed E-state index contributed by atoms with van der Waals surface area (Å²) in [6.45, 7) is 6.81. The molecule has 0 saturated carbocycles. The lowest BCUT2D eigenvalue weighted by Crippen LogP contribution is -2.33. The molecule has 2 rings (SSSR count). The number of rotatable bonds is 3. The maximum atomic E-state index is 10.8. The first-order valence-corrected chi connectivity index (χ1v) is 6.54. The largest absolute Gasteiger partial charge is 0.324 e. The van der Waals surface area contributed by atoms with Gasteiger partial charge in [0, 0.05) is 12.6 Å². The monoisotopic (exact) mass is 284 g/mol. The van der Waals surface area contributed by atoms with Gasteiger partial charge in [0.2, 0.25) is 11.8 Å². The highest BCUT2D eigenvalue weighted by Gasteiger charge is 2.28. The van der Waals surface area contributed by atoms with Gasteiger partial charge in [-0.2, -0.15) is 0 Å². The fraction of sp³-hybridized carbons (Fsp3) is 0.667. The van der Waals surface area contributed by atoms with E-state index < -0.39 is 0 Å². The van der Waals surface area contributed by atoms with Crippen LogP contribution < -0.4 is 10.6 Å². The van der Waals surface area contributed by atoms with Crippen molar-refractivity contribution < 1.29 is 19.2 Å². The summed E-state index contributed by atoms with van der Waals surface area (Å²) in [5.74, 6) is -0.405. The van der Waals surface area contributed by atoms with E-state index in [1.54, 1.807) is 0 Å². The third-order valence-corrected chi connectivity index (χ3v) is 2.81. The topological polar surface area (TPSA) is 98.8 Å². The van der Waals surface area contributed by atoms with Crippen molar-refractivity contribution in [2.75, 3.05) is 19.6 Å². The first-order valence-electron chi connectivity index (χ1n) is 6.54. The molecule has 2 N–H and O–H groups in total. The zero-order chi connectivity index (χ0) is 15.3. The standard InChI is InChI=1S/2C6H10N2O2/c1-4(2)8-3-5(9)7-6(8)10;1-2-3-8-4-5(9)7-6(8)10/h4H,3H2,1-2H3,(H,7,9,10);2-4H2,1H3,(H,7,9,10). The summed E-state index contributed by atoms with van der Waals surface area (Å²) in [5, 5.41) is 4.40. The molecule has 0 aromatic rings. The summed E-state index contributed by atoms with van der Waals surface area (Å²) in [6.07, 6.45) is 0.890. The second-order valence-corrected chi connectivity index (χ2v) is 4.85. The van der Waals surface area contributed by atoms with E-state index >= 15 is 0 Å². The minimum atomic E-state index is -0.278. The second kappa shape index (κ2) is 6.88. The van der Waals surface area contributed by atoms with Gasteiger partial charge in [0.05, 0.1) is 0 Å². The smallest absolute Gasteiger partial charge is 0.315 e. The molecule has 2 heterocycles. The summed E-state index contributed by atoms with van der Waals surface area (Å²) < 4.78 is 0. The Balaban J connectivity index is 0.000000200. The van der Waals surface area contributed by atoms with Crippen molar-refractivity contribution in [3.05, 3.63) is 0 Å². The highest BCUT2D eigenvalue weighted by atomic mass is 16.2. The Hall–Kier alpha value is -2.12. The van der Waals surface area contributed by atoms with Crippen LogP contribution in [0.25, 0.3) is 0 Å². The molecule has 2 saturated heterocycles. The Labute approximate surface area is 117 Å². The van der Waals surface area contributed by atoms with Crippen LogP contribution in [-0.2, 0) is 9.59 Å². The van der Waals surface area contributed by atoms with Gasteiger partial charge in [-0.3, -0.25) is 20.2 Å². The average molecular weight is 284 g/mol. The Kier molecular flexibility index (Phi) is 5.48. The fourth-order valence-corrected chi connectivity index (χ4v) is 1.81. The molecule has 8 nitrogen and oxygen atoms in total. The molecule has 20 heavy (non-hydrogen) atoms. The number of hydrogen-bond donors (Lipinski definition) is 2. The normalized spacial score (nSPS) is 18.2. The summed E-state index contributed by atoms with van der Waals surface area (Å²) >= 11 is 0. The van der Waals surface area contributed by atoms with Gasteiger partial charge in [-0.15, -0.1) is 0 Å². The van der Waals surface area contributed by atoms with Gasteiger partial charge in [0.25, 0.3) is 0 Å². The minimum absolute atomic E-state index is 0.103. The molecule has 0 aromatic heterocycles. The molecule has 0 aromatic carbocycles. The van der Waals surface area contributed by atoms with Crippen LogP contribution in [0.2, 0.25) is 0 Å². The van der Waals surface area contributed by atoms with Crippen LogP contribution in [0.3, 0.4) is 0 Å². The summed E-state index contributed by atoms with van der Waals surface area (Å²) in [5.41, 5.74) is 0. The van der Waals surface area contributed by atoms with E-state index in [1.165, 1.54) is 9.80 Å². The lowest BCUT2D eigenvalue weighted by atomic mass is 10.3. The number of nitrogens with one attached hydrogen (secondary N) is 2. The lowest BCUT2D eigenvalue weighted by molar-refractivity contribution is -0.119. The van der Waals surface area contributed by atoms with Gasteiger partial charge < -0.3 is 9.80 Å². The van der Waals surface area contributed by atoms with Crippen LogP contribution in [0.15, 0.2) is 0 Å².